The van der Waals surface area contributed by atoms with Crippen LogP contribution in [0, 0.1) is 11.3 Å². The molecule has 2 saturated heterocycles. The molecule has 2 spiro atoms. The number of ether oxygens (including phenoxy) is 4. The molecular formula is C20H31NO4. The van der Waals surface area contributed by atoms with Crippen molar-refractivity contribution in [2.75, 3.05) is 7.11 Å². The van der Waals surface area contributed by atoms with E-state index in [0.717, 1.165) is 51.4 Å². The van der Waals surface area contributed by atoms with E-state index in [9.17, 15) is 0 Å². The smallest absolute Gasteiger partial charge is 0.169 e. The third kappa shape index (κ3) is 3.47. The monoisotopic (exact) mass is 349 g/mol. The van der Waals surface area contributed by atoms with E-state index < -0.39 is 0 Å². The lowest BCUT2D eigenvalue weighted by atomic mass is 9.75. The zero-order valence-electron chi connectivity index (χ0n) is 15.4. The normalized spacial score (nSPS) is 43.0. The first kappa shape index (κ1) is 17.7. The summed E-state index contributed by atoms with van der Waals surface area (Å²) in [6.45, 7) is 0. The van der Waals surface area contributed by atoms with Crippen LogP contribution >= 0.6 is 0 Å². The minimum Gasteiger partial charge on any atom is -0.379 e. The van der Waals surface area contributed by atoms with Gasteiger partial charge in [0.15, 0.2) is 5.79 Å². The number of hydrogen-bond donors (Lipinski definition) is 0. The Morgan fingerprint density at radius 2 is 1.88 bits per heavy atom. The molecule has 2 saturated carbocycles. The molecule has 0 aromatic carbocycles. The van der Waals surface area contributed by atoms with E-state index >= 15 is 0 Å². The summed E-state index contributed by atoms with van der Waals surface area (Å²) in [5.74, 6) is -0.370. The lowest BCUT2D eigenvalue weighted by Crippen LogP contribution is -2.55. The maximum atomic E-state index is 8.88. The van der Waals surface area contributed by atoms with E-state index in [4.69, 9.17) is 24.2 Å². The van der Waals surface area contributed by atoms with Gasteiger partial charge in [-0.1, -0.05) is 6.42 Å². The highest BCUT2D eigenvalue weighted by Crippen LogP contribution is 2.50. The first-order valence-electron chi connectivity index (χ1n) is 10.1. The lowest BCUT2D eigenvalue weighted by molar-refractivity contribution is -0.200. The number of nitrogens with zero attached hydrogens (tertiary/aromatic N) is 1. The summed E-state index contributed by atoms with van der Waals surface area (Å²) in [7, 11) is 1.78. The summed E-state index contributed by atoms with van der Waals surface area (Å²) in [6.07, 6.45) is 12.5. The van der Waals surface area contributed by atoms with Crippen molar-refractivity contribution in [1.29, 1.82) is 5.26 Å². The number of rotatable bonds is 3. The van der Waals surface area contributed by atoms with Crippen molar-refractivity contribution < 1.29 is 18.9 Å². The Labute approximate surface area is 150 Å². The molecule has 140 valence electrons. The maximum absolute atomic E-state index is 8.88. The summed E-state index contributed by atoms with van der Waals surface area (Å²) >= 11 is 0. The number of hydrogen-bond acceptors (Lipinski definition) is 5. The van der Waals surface area contributed by atoms with E-state index in [1.807, 2.05) is 0 Å². The van der Waals surface area contributed by atoms with Crippen LogP contribution in [0.5, 0.6) is 0 Å². The molecule has 25 heavy (non-hydrogen) atoms. The molecule has 5 heteroatoms. The third-order valence-electron chi connectivity index (χ3n) is 6.67. The standard InChI is InChI=1S/C20H31NO4/c1-22-16-13-19(9-5-7-15(23-19)8-6-12-21)14-17-18(16)25-20(24-17)10-3-2-4-11-20/h15-18H,2-11,13-14H2,1H3/t15-,16-,17-,18+,19-/m1/s1. The van der Waals surface area contributed by atoms with Gasteiger partial charge < -0.3 is 18.9 Å². The van der Waals surface area contributed by atoms with Crippen molar-refractivity contribution in [3.8, 4) is 6.07 Å². The van der Waals surface area contributed by atoms with Crippen molar-refractivity contribution in [3.63, 3.8) is 0 Å². The van der Waals surface area contributed by atoms with E-state index in [1.54, 1.807) is 7.11 Å². The lowest BCUT2D eigenvalue weighted by Gasteiger charge is -2.48. The second kappa shape index (κ2) is 7.15. The van der Waals surface area contributed by atoms with Gasteiger partial charge in [-0.2, -0.15) is 5.26 Å². The molecule has 0 radical (unpaired) electrons. The predicted molar refractivity (Wildman–Crippen MR) is 91.9 cm³/mol. The molecule has 2 aliphatic heterocycles. The van der Waals surface area contributed by atoms with Gasteiger partial charge >= 0.3 is 0 Å². The Hall–Kier alpha value is -0.670. The van der Waals surface area contributed by atoms with Crippen molar-refractivity contribution in [3.05, 3.63) is 0 Å². The highest BCUT2D eigenvalue weighted by Gasteiger charge is 2.58. The van der Waals surface area contributed by atoms with E-state index in [2.05, 4.69) is 6.07 Å². The van der Waals surface area contributed by atoms with Gasteiger partial charge in [-0.05, 0) is 38.5 Å². The van der Waals surface area contributed by atoms with Gasteiger partial charge in [-0.3, -0.25) is 0 Å². The molecule has 0 aromatic heterocycles. The Morgan fingerprint density at radius 1 is 1.04 bits per heavy atom. The SMILES string of the molecule is CO[C@@H]1C[C@]2(CCC[C@H](CCC#N)O2)C[C@H]2OC3(CCCCC3)O[C@@H]12. The Morgan fingerprint density at radius 3 is 2.64 bits per heavy atom. The van der Waals surface area contributed by atoms with Crippen molar-refractivity contribution in [1.82, 2.24) is 0 Å². The quantitative estimate of drug-likeness (QED) is 0.774. The van der Waals surface area contributed by atoms with Gasteiger partial charge in [0.1, 0.15) is 6.10 Å². The molecule has 5 atom stereocenters. The van der Waals surface area contributed by atoms with Crippen LogP contribution in [0.25, 0.3) is 0 Å². The van der Waals surface area contributed by atoms with Crippen LogP contribution in [-0.4, -0.2) is 42.9 Å². The van der Waals surface area contributed by atoms with Gasteiger partial charge in [0.05, 0.1) is 30.0 Å². The molecule has 2 heterocycles. The van der Waals surface area contributed by atoms with Gasteiger partial charge in [-0.15, -0.1) is 0 Å². The molecule has 0 bridgehead atoms. The topological polar surface area (TPSA) is 60.7 Å². The van der Waals surface area contributed by atoms with Crippen LogP contribution < -0.4 is 0 Å². The molecule has 4 fully saturated rings. The van der Waals surface area contributed by atoms with Gasteiger partial charge in [0.25, 0.3) is 0 Å². The highest BCUT2D eigenvalue weighted by molar-refractivity contribution is 5.04. The average molecular weight is 349 g/mol. The molecule has 5 nitrogen and oxygen atoms in total. The fourth-order valence-electron chi connectivity index (χ4n) is 5.50. The molecule has 2 aliphatic carbocycles. The maximum Gasteiger partial charge on any atom is 0.169 e. The first-order chi connectivity index (χ1) is 12.2. The van der Waals surface area contributed by atoms with Gasteiger partial charge in [-0.25, -0.2) is 0 Å². The zero-order valence-corrected chi connectivity index (χ0v) is 15.4. The van der Waals surface area contributed by atoms with E-state index in [0.29, 0.717) is 6.42 Å². The van der Waals surface area contributed by atoms with Crippen LogP contribution in [0.15, 0.2) is 0 Å². The van der Waals surface area contributed by atoms with Crippen molar-refractivity contribution >= 4 is 0 Å². The highest BCUT2D eigenvalue weighted by atomic mass is 16.8. The fraction of sp³-hybridized carbons (Fsp3) is 0.950. The molecule has 0 unspecified atom stereocenters. The predicted octanol–water partition coefficient (Wildman–Crippen LogP) is 3.85. The molecule has 0 aromatic rings. The van der Waals surface area contributed by atoms with Crippen LogP contribution in [-0.2, 0) is 18.9 Å². The minimum absolute atomic E-state index is 0.0368. The number of nitriles is 1. The Bertz CT molecular complexity index is 512. The summed E-state index contributed by atoms with van der Waals surface area (Å²) in [6, 6.07) is 2.25. The Kier molecular flexibility index (Phi) is 5.07. The van der Waals surface area contributed by atoms with Crippen molar-refractivity contribution in [2.45, 2.75) is 113 Å². The first-order valence-corrected chi connectivity index (χ1v) is 10.1. The average Bonchev–Trinajstić information content (AvgIpc) is 2.97. The van der Waals surface area contributed by atoms with Crippen LogP contribution in [0.2, 0.25) is 0 Å². The molecular weight excluding hydrogens is 318 g/mol. The largest absolute Gasteiger partial charge is 0.379 e. The molecule has 4 aliphatic rings. The summed E-state index contributed by atoms with van der Waals surface area (Å²) in [5.41, 5.74) is -0.163. The van der Waals surface area contributed by atoms with E-state index in [1.165, 1.54) is 19.3 Å². The Balaban J connectivity index is 1.49. The third-order valence-corrected chi connectivity index (χ3v) is 6.67. The minimum atomic E-state index is -0.370. The molecule has 0 N–H and O–H groups in total. The molecule has 0 amide bonds. The van der Waals surface area contributed by atoms with E-state index in [-0.39, 0.29) is 35.8 Å². The summed E-state index contributed by atoms with van der Waals surface area (Å²) in [5, 5.41) is 8.88. The summed E-state index contributed by atoms with van der Waals surface area (Å²) in [4.78, 5) is 0. The van der Waals surface area contributed by atoms with Gasteiger partial charge in [0, 0.05) is 39.2 Å². The van der Waals surface area contributed by atoms with Crippen LogP contribution in [0.3, 0.4) is 0 Å². The summed E-state index contributed by atoms with van der Waals surface area (Å²) < 4.78 is 25.4. The van der Waals surface area contributed by atoms with Crippen LogP contribution in [0.4, 0.5) is 0 Å². The number of fused-ring (bicyclic) bond motifs is 1. The number of methoxy groups -OCH3 is 1. The van der Waals surface area contributed by atoms with Crippen LogP contribution in [0.1, 0.15) is 77.0 Å². The van der Waals surface area contributed by atoms with Crippen molar-refractivity contribution in [2.24, 2.45) is 0 Å². The molecule has 4 rings (SSSR count). The second-order valence-corrected chi connectivity index (χ2v) is 8.40. The fourth-order valence-corrected chi connectivity index (χ4v) is 5.50. The zero-order chi connectivity index (χ0) is 17.3. The van der Waals surface area contributed by atoms with Gasteiger partial charge in [0.2, 0.25) is 0 Å². The second-order valence-electron chi connectivity index (χ2n) is 8.40.